The molecule has 6 aromatic rings. The van der Waals surface area contributed by atoms with E-state index in [4.69, 9.17) is 9.97 Å². The Morgan fingerprint density at radius 3 is 1.96 bits per heavy atom. The molecule has 69 heavy (non-hydrogen) atoms. The van der Waals surface area contributed by atoms with E-state index in [0.29, 0.717) is 23.7 Å². The minimum Gasteiger partial charge on any atom is -0.318 e. The molecule has 0 N–H and O–H groups in total. The highest BCUT2D eigenvalue weighted by Gasteiger charge is 2.78. The van der Waals surface area contributed by atoms with Gasteiger partial charge in [0.2, 0.25) is 0 Å². The number of allylic oxidation sites excluding steroid dienone is 7. The van der Waals surface area contributed by atoms with Crippen LogP contribution in [0, 0.1) is 28.6 Å². The summed E-state index contributed by atoms with van der Waals surface area (Å²) in [6.45, 7) is 19.6. The lowest BCUT2D eigenvalue weighted by molar-refractivity contribution is 0.262. The largest absolute Gasteiger partial charge is 0.318 e. The average Bonchev–Trinajstić information content (AvgIpc) is 3.58. The van der Waals surface area contributed by atoms with Gasteiger partial charge in [-0.3, -0.25) is 0 Å². The smallest absolute Gasteiger partial charge is 0.178 e. The Morgan fingerprint density at radius 2 is 1.26 bits per heavy atom. The van der Waals surface area contributed by atoms with Gasteiger partial charge in [0, 0.05) is 57.8 Å². The van der Waals surface area contributed by atoms with Gasteiger partial charge in [-0.15, -0.1) is 0 Å². The highest BCUT2D eigenvalue weighted by Crippen LogP contribution is 2.80. The standard InChI is InChI=1S/C63H62N6/c1-39(2)45-25-15-16-26-46(45)42-30-31-50-55(36-42)69-59-58(64-33-34-65-59)67(44-23-13-10-14-24-44)60(69)63(8)57(62(50,63)7)48-37-56-66(43-21-11-9-12-22-43)52-28-17-18-29-53(52)68(56)54-38-51(41(5)35-47(48)54)61(6)32-20-19-27-49(61)40(3)4/h9-34,36,38-41,49,56,60H,35,37H2,1-8H3/b57-48+. The monoisotopic (exact) mass is 903 g/mol. The van der Waals surface area contributed by atoms with Gasteiger partial charge in [-0.2, -0.15) is 0 Å². The Morgan fingerprint density at radius 1 is 0.623 bits per heavy atom. The molecular weight excluding hydrogens is 841 g/mol. The first kappa shape index (κ1) is 42.2. The summed E-state index contributed by atoms with van der Waals surface area (Å²) >= 11 is 0. The minimum absolute atomic E-state index is 0.0436. The number of hydrogen-bond donors (Lipinski definition) is 0. The molecule has 7 aliphatic rings. The average molecular weight is 903 g/mol. The van der Waals surface area contributed by atoms with Crippen molar-refractivity contribution in [3.8, 4) is 11.1 Å². The zero-order valence-corrected chi connectivity index (χ0v) is 41.2. The predicted octanol–water partition coefficient (Wildman–Crippen LogP) is 15.5. The molecule has 1 saturated carbocycles. The van der Waals surface area contributed by atoms with Gasteiger partial charge in [-0.1, -0.05) is 170 Å². The van der Waals surface area contributed by atoms with Gasteiger partial charge in [0.25, 0.3) is 0 Å². The second-order valence-electron chi connectivity index (χ2n) is 21.9. The zero-order chi connectivity index (χ0) is 47.1. The lowest BCUT2D eigenvalue weighted by Gasteiger charge is -2.47. The topological polar surface area (TPSA) is 38.7 Å². The number of hydrogen-bond acceptors (Lipinski definition) is 6. The van der Waals surface area contributed by atoms with Crippen molar-refractivity contribution in [3.05, 3.63) is 209 Å². The fraction of sp³-hybridized carbons (Fsp3) is 0.302. The van der Waals surface area contributed by atoms with Gasteiger partial charge in [-0.05, 0) is 118 Å². The minimum atomic E-state index is -0.326. The Kier molecular flexibility index (Phi) is 9.20. The van der Waals surface area contributed by atoms with Crippen LogP contribution in [0.25, 0.3) is 11.1 Å². The van der Waals surface area contributed by atoms with Gasteiger partial charge in [0.05, 0.1) is 11.4 Å². The van der Waals surface area contributed by atoms with Crippen LogP contribution in [0.4, 0.5) is 40.1 Å². The van der Waals surface area contributed by atoms with Crippen LogP contribution in [0.15, 0.2) is 198 Å². The molecule has 0 bridgehead atoms. The molecule has 13 rings (SSSR count). The van der Waals surface area contributed by atoms with E-state index in [9.17, 15) is 0 Å². The van der Waals surface area contributed by atoms with Gasteiger partial charge in [0.1, 0.15) is 12.3 Å². The number of rotatable bonds is 6. The molecule has 6 nitrogen and oxygen atoms in total. The SMILES string of the molecule is CC1CC2=C(C=C1C1(C)C=CC=CC1C(C)C)N1c3ccccc3N(c3ccccc3)C1C/C2=C1/C2(C)c3ccc(-c4ccccc4C(C)C)cc3N3c4nccnc4N(c4ccccc4)C3C12C. The number of benzene rings is 5. The molecule has 0 spiro atoms. The van der Waals surface area contributed by atoms with Crippen LogP contribution in [0.1, 0.15) is 85.3 Å². The summed E-state index contributed by atoms with van der Waals surface area (Å²) in [5.41, 5.74) is 18.2. The molecule has 7 unspecified atom stereocenters. The van der Waals surface area contributed by atoms with Crippen molar-refractivity contribution in [1.82, 2.24) is 9.97 Å². The quantitative estimate of drug-likeness (QED) is 0.166. The molecule has 344 valence electrons. The lowest BCUT2D eigenvalue weighted by Crippen LogP contribution is -2.50. The van der Waals surface area contributed by atoms with E-state index in [1.165, 1.54) is 67.4 Å². The first-order chi connectivity index (χ1) is 33.5. The van der Waals surface area contributed by atoms with Crippen LogP contribution in [0.2, 0.25) is 0 Å². The van der Waals surface area contributed by atoms with E-state index in [-0.39, 0.29) is 28.6 Å². The molecule has 0 saturated heterocycles. The normalized spacial score (nSPS) is 29.1. The van der Waals surface area contributed by atoms with Crippen molar-refractivity contribution < 1.29 is 0 Å². The van der Waals surface area contributed by atoms with E-state index >= 15 is 0 Å². The molecular formula is C63H62N6. The van der Waals surface area contributed by atoms with E-state index in [2.05, 4.69) is 233 Å². The molecule has 7 atom stereocenters. The summed E-state index contributed by atoms with van der Waals surface area (Å²) in [6.07, 6.45) is 17.8. The Hall–Kier alpha value is -6.92. The number of para-hydroxylation sites is 4. The molecule has 0 amide bonds. The summed E-state index contributed by atoms with van der Waals surface area (Å²) in [6, 6.07) is 47.6. The second kappa shape index (κ2) is 15.0. The lowest BCUT2D eigenvalue weighted by atomic mass is 9.60. The molecule has 5 heterocycles. The van der Waals surface area contributed by atoms with E-state index in [1.807, 2.05) is 12.4 Å². The van der Waals surface area contributed by atoms with Crippen LogP contribution in [-0.4, -0.2) is 22.3 Å². The third-order valence-corrected chi connectivity index (χ3v) is 17.7. The van der Waals surface area contributed by atoms with Crippen LogP contribution in [-0.2, 0) is 5.41 Å². The van der Waals surface area contributed by atoms with Crippen molar-refractivity contribution in [1.29, 1.82) is 0 Å². The maximum Gasteiger partial charge on any atom is 0.178 e. The van der Waals surface area contributed by atoms with Gasteiger partial charge >= 0.3 is 0 Å². The first-order valence-corrected chi connectivity index (χ1v) is 25.4. The van der Waals surface area contributed by atoms with Crippen LogP contribution in [0.5, 0.6) is 0 Å². The third-order valence-electron chi connectivity index (χ3n) is 17.7. The van der Waals surface area contributed by atoms with Gasteiger partial charge in [-0.25, -0.2) is 9.97 Å². The number of fused-ring (bicyclic) bond motifs is 12. The third kappa shape index (κ3) is 5.66. The molecule has 4 aliphatic heterocycles. The maximum atomic E-state index is 5.24. The molecule has 6 heteroatoms. The van der Waals surface area contributed by atoms with E-state index in [0.717, 1.165) is 30.2 Å². The number of aromatic nitrogens is 2. The van der Waals surface area contributed by atoms with Crippen LogP contribution < -0.4 is 19.6 Å². The van der Waals surface area contributed by atoms with Gasteiger partial charge in [0.15, 0.2) is 11.6 Å². The summed E-state index contributed by atoms with van der Waals surface area (Å²) < 4.78 is 0. The first-order valence-electron chi connectivity index (χ1n) is 25.4. The van der Waals surface area contributed by atoms with E-state index < -0.39 is 0 Å². The summed E-state index contributed by atoms with van der Waals surface area (Å²) in [4.78, 5) is 20.9. The fourth-order valence-electron chi connectivity index (χ4n) is 14.6. The summed E-state index contributed by atoms with van der Waals surface area (Å²) in [5, 5.41) is 0. The van der Waals surface area contributed by atoms with Crippen LogP contribution in [0.3, 0.4) is 0 Å². The molecule has 0 radical (unpaired) electrons. The van der Waals surface area contributed by atoms with Crippen molar-refractivity contribution in [3.63, 3.8) is 0 Å². The fourth-order valence-corrected chi connectivity index (χ4v) is 14.6. The molecule has 1 fully saturated rings. The van der Waals surface area contributed by atoms with Crippen LogP contribution >= 0.6 is 0 Å². The molecule has 5 aromatic carbocycles. The molecule has 1 aromatic heterocycles. The zero-order valence-electron chi connectivity index (χ0n) is 41.2. The van der Waals surface area contributed by atoms with Crippen molar-refractivity contribution >= 4 is 40.1 Å². The second-order valence-corrected chi connectivity index (χ2v) is 21.9. The van der Waals surface area contributed by atoms with Crippen molar-refractivity contribution in [2.24, 2.45) is 28.6 Å². The van der Waals surface area contributed by atoms with Crippen molar-refractivity contribution in [2.45, 2.75) is 91.9 Å². The Bertz CT molecular complexity index is 3250. The number of anilines is 7. The van der Waals surface area contributed by atoms with Gasteiger partial charge < -0.3 is 19.6 Å². The Labute approximate surface area is 408 Å². The number of nitrogens with zero attached hydrogens (tertiary/aromatic N) is 6. The molecule has 3 aliphatic carbocycles. The predicted molar refractivity (Wildman–Crippen MR) is 285 cm³/mol. The van der Waals surface area contributed by atoms with E-state index in [1.54, 1.807) is 5.57 Å². The Balaban J connectivity index is 1.10. The van der Waals surface area contributed by atoms with Crippen molar-refractivity contribution in [2.75, 3.05) is 19.6 Å². The highest BCUT2D eigenvalue weighted by atomic mass is 15.5. The highest BCUT2D eigenvalue weighted by molar-refractivity contribution is 5.94. The maximum absolute atomic E-state index is 5.24. The summed E-state index contributed by atoms with van der Waals surface area (Å²) in [7, 11) is 0. The summed E-state index contributed by atoms with van der Waals surface area (Å²) in [5.74, 6) is 3.47.